The first-order valence-electron chi connectivity index (χ1n) is 11.1. The van der Waals surface area contributed by atoms with Gasteiger partial charge in [-0.15, -0.1) is 6.58 Å². The summed E-state index contributed by atoms with van der Waals surface area (Å²) in [6.45, 7) is 7.41. The van der Waals surface area contributed by atoms with Crippen LogP contribution in [0.2, 0.25) is 0 Å². The molecule has 4 unspecified atom stereocenters. The second-order valence-corrected chi connectivity index (χ2v) is 8.95. The molecule has 4 atom stereocenters. The van der Waals surface area contributed by atoms with Gasteiger partial charge in [0.2, 0.25) is 0 Å². The summed E-state index contributed by atoms with van der Waals surface area (Å²) in [5.74, 6) is -0.189. The van der Waals surface area contributed by atoms with E-state index in [0.29, 0.717) is 17.8 Å². The molecule has 2 aromatic rings. The Labute approximate surface area is 182 Å². The van der Waals surface area contributed by atoms with Crippen LogP contribution >= 0.6 is 0 Å². The van der Waals surface area contributed by atoms with Crippen LogP contribution in [0.15, 0.2) is 55.6 Å². The molecule has 0 saturated heterocycles. The van der Waals surface area contributed by atoms with Crippen molar-refractivity contribution in [3.05, 3.63) is 78.7 Å². The number of allylic oxidation sites excluding steroid dienone is 1. The highest BCUT2D eigenvalue weighted by Gasteiger charge is 2.35. The topological polar surface area (TPSA) is 9.23 Å². The van der Waals surface area contributed by atoms with Crippen molar-refractivity contribution in [2.75, 3.05) is 6.61 Å². The zero-order chi connectivity index (χ0) is 22.0. The maximum Gasteiger partial charge on any atom is 0.191 e. The van der Waals surface area contributed by atoms with Gasteiger partial charge in [0, 0.05) is 5.56 Å². The average Bonchev–Trinajstić information content (AvgIpc) is 2.77. The minimum atomic E-state index is -0.853. The number of hydrogen-bond acceptors (Lipinski definition) is 1. The first-order chi connectivity index (χ1) is 15.0. The molecule has 2 aliphatic carbocycles. The summed E-state index contributed by atoms with van der Waals surface area (Å²) in [4.78, 5) is 0. The van der Waals surface area contributed by atoms with Crippen LogP contribution in [-0.4, -0.2) is 6.61 Å². The third kappa shape index (κ3) is 4.58. The van der Waals surface area contributed by atoms with Crippen LogP contribution < -0.4 is 4.74 Å². The molecule has 0 heterocycles. The quantitative estimate of drug-likeness (QED) is 0.428. The van der Waals surface area contributed by atoms with E-state index in [1.807, 2.05) is 6.07 Å². The van der Waals surface area contributed by atoms with Crippen LogP contribution in [0.25, 0.3) is 11.1 Å². The van der Waals surface area contributed by atoms with Gasteiger partial charge in [0.1, 0.15) is 12.4 Å². The van der Waals surface area contributed by atoms with E-state index in [9.17, 15) is 13.2 Å². The molecule has 0 N–H and O–H groups in total. The molecule has 1 nitrogen and oxygen atoms in total. The predicted molar refractivity (Wildman–Crippen MR) is 119 cm³/mol. The van der Waals surface area contributed by atoms with Crippen LogP contribution in [0.1, 0.15) is 50.0 Å². The van der Waals surface area contributed by atoms with E-state index in [2.05, 4.69) is 19.2 Å². The van der Waals surface area contributed by atoms with Crippen molar-refractivity contribution in [2.24, 2.45) is 17.8 Å². The average molecular weight is 427 g/mol. The van der Waals surface area contributed by atoms with Crippen LogP contribution in [0, 0.1) is 35.2 Å². The lowest BCUT2D eigenvalue weighted by Crippen LogP contribution is -2.29. The molecule has 0 bridgehead atoms. The van der Waals surface area contributed by atoms with Crippen molar-refractivity contribution < 1.29 is 17.9 Å². The van der Waals surface area contributed by atoms with Crippen LogP contribution in [0.5, 0.6) is 5.75 Å². The number of fused-ring (bicyclic) bond motifs is 1. The van der Waals surface area contributed by atoms with Gasteiger partial charge >= 0.3 is 0 Å². The SMILES string of the molecule is C=CCOc1c(F)cc(-c2ccc(C3CCC4CC(C=C)CCC4C3)cc2F)cc1F. The van der Waals surface area contributed by atoms with Gasteiger partial charge in [0.05, 0.1) is 0 Å². The summed E-state index contributed by atoms with van der Waals surface area (Å²) < 4.78 is 48.6. The molecule has 0 aliphatic heterocycles. The molecule has 164 valence electrons. The lowest BCUT2D eigenvalue weighted by atomic mass is 9.64. The molecule has 0 radical (unpaired) electrons. The second-order valence-electron chi connectivity index (χ2n) is 8.95. The lowest BCUT2D eigenvalue weighted by Gasteiger charge is -2.41. The summed E-state index contributed by atoms with van der Waals surface area (Å²) in [6.07, 6.45) is 10.5. The molecule has 2 saturated carbocycles. The number of benzene rings is 2. The van der Waals surface area contributed by atoms with Crippen molar-refractivity contribution in [1.82, 2.24) is 0 Å². The Kier molecular flexibility index (Phi) is 6.54. The van der Waals surface area contributed by atoms with Crippen molar-refractivity contribution in [2.45, 2.75) is 44.4 Å². The molecule has 4 heteroatoms. The summed E-state index contributed by atoms with van der Waals surface area (Å²) in [6, 6.07) is 7.33. The molecule has 0 amide bonds. The largest absolute Gasteiger partial charge is 0.483 e. The molecule has 0 aromatic heterocycles. The van der Waals surface area contributed by atoms with E-state index in [0.717, 1.165) is 36.5 Å². The van der Waals surface area contributed by atoms with Gasteiger partial charge in [-0.2, -0.15) is 0 Å². The highest BCUT2D eigenvalue weighted by molar-refractivity contribution is 5.66. The zero-order valence-electron chi connectivity index (χ0n) is 17.8. The fourth-order valence-electron chi connectivity index (χ4n) is 5.46. The Morgan fingerprint density at radius 2 is 1.58 bits per heavy atom. The molecule has 0 spiro atoms. The number of rotatable bonds is 6. The fraction of sp³-hybridized carbons (Fsp3) is 0.407. The molecule has 2 aromatic carbocycles. The first kappa shape index (κ1) is 21.7. The van der Waals surface area contributed by atoms with Crippen molar-refractivity contribution in [3.8, 4) is 16.9 Å². The highest BCUT2D eigenvalue weighted by Crippen LogP contribution is 2.48. The third-order valence-corrected chi connectivity index (χ3v) is 7.11. The summed E-state index contributed by atoms with van der Waals surface area (Å²) in [7, 11) is 0. The maximum atomic E-state index is 15.0. The van der Waals surface area contributed by atoms with Crippen molar-refractivity contribution in [1.29, 1.82) is 0 Å². The normalized spacial score (nSPS) is 25.5. The maximum absolute atomic E-state index is 15.0. The Morgan fingerprint density at radius 1 is 0.871 bits per heavy atom. The third-order valence-electron chi connectivity index (χ3n) is 7.11. The van der Waals surface area contributed by atoms with Crippen LogP contribution in [0.4, 0.5) is 13.2 Å². The summed E-state index contributed by atoms with van der Waals surface area (Å²) >= 11 is 0. The number of halogens is 3. The Morgan fingerprint density at radius 3 is 2.26 bits per heavy atom. The van der Waals surface area contributed by atoms with E-state index in [-0.39, 0.29) is 17.7 Å². The molecular weight excluding hydrogens is 397 g/mol. The van der Waals surface area contributed by atoms with Gasteiger partial charge in [-0.1, -0.05) is 30.9 Å². The van der Waals surface area contributed by atoms with Gasteiger partial charge in [-0.25, -0.2) is 13.2 Å². The molecular formula is C27H29F3O. The molecule has 31 heavy (non-hydrogen) atoms. The van der Waals surface area contributed by atoms with Gasteiger partial charge in [-0.05, 0) is 91.5 Å². The molecule has 2 aliphatic rings. The van der Waals surface area contributed by atoms with E-state index < -0.39 is 23.2 Å². The Balaban J connectivity index is 1.51. The fourth-order valence-corrected chi connectivity index (χ4v) is 5.46. The predicted octanol–water partition coefficient (Wildman–Crippen LogP) is 7.82. The Hall–Kier alpha value is -2.49. The zero-order valence-corrected chi connectivity index (χ0v) is 17.8. The Bertz CT molecular complexity index is 944. The van der Waals surface area contributed by atoms with Gasteiger partial charge < -0.3 is 4.74 Å². The molecule has 2 fully saturated rings. The van der Waals surface area contributed by atoms with Crippen molar-refractivity contribution >= 4 is 0 Å². The van der Waals surface area contributed by atoms with E-state index in [1.54, 1.807) is 12.1 Å². The van der Waals surface area contributed by atoms with Crippen molar-refractivity contribution in [3.63, 3.8) is 0 Å². The van der Waals surface area contributed by atoms with E-state index in [4.69, 9.17) is 4.74 Å². The number of hydrogen-bond donors (Lipinski definition) is 0. The van der Waals surface area contributed by atoms with Gasteiger partial charge in [0.15, 0.2) is 17.4 Å². The van der Waals surface area contributed by atoms with E-state index >= 15 is 0 Å². The minimum Gasteiger partial charge on any atom is -0.483 e. The van der Waals surface area contributed by atoms with Crippen LogP contribution in [0.3, 0.4) is 0 Å². The number of ether oxygens (including phenoxy) is 1. The highest BCUT2D eigenvalue weighted by atomic mass is 19.1. The second kappa shape index (κ2) is 9.33. The standard InChI is InChI=1S/C27H29F3O/c1-3-11-31-27-25(29)15-22(16-26(27)30)23-10-9-21(14-24(23)28)20-8-7-18-12-17(4-2)5-6-19(18)13-20/h3-4,9-10,14-20H,1-2,5-8,11-13H2. The van der Waals surface area contributed by atoms with E-state index in [1.165, 1.54) is 31.8 Å². The first-order valence-corrected chi connectivity index (χ1v) is 11.1. The van der Waals surface area contributed by atoms with Crippen LogP contribution in [-0.2, 0) is 0 Å². The molecule has 4 rings (SSSR count). The summed E-state index contributed by atoms with van der Waals surface area (Å²) in [5.41, 5.74) is 1.34. The lowest BCUT2D eigenvalue weighted by molar-refractivity contribution is 0.133. The summed E-state index contributed by atoms with van der Waals surface area (Å²) in [5, 5.41) is 0. The monoisotopic (exact) mass is 426 g/mol. The smallest absolute Gasteiger partial charge is 0.191 e. The van der Waals surface area contributed by atoms with Gasteiger partial charge in [-0.3, -0.25) is 0 Å². The minimum absolute atomic E-state index is 0.00622. The van der Waals surface area contributed by atoms with Gasteiger partial charge in [0.25, 0.3) is 0 Å².